The predicted octanol–water partition coefficient (Wildman–Crippen LogP) is 4.80. The molecule has 9 heteroatoms. The molecule has 0 bridgehead atoms. The van der Waals surface area contributed by atoms with Crippen LogP contribution in [0.2, 0.25) is 0 Å². The Bertz CT molecular complexity index is 1010. The largest absolute Gasteiger partial charge is 0.495 e. The van der Waals surface area contributed by atoms with Crippen LogP contribution in [0.3, 0.4) is 0 Å². The van der Waals surface area contributed by atoms with Gasteiger partial charge >= 0.3 is 12.6 Å². The molecule has 178 valence electrons. The van der Waals surface area contributed by atoms with Crippen molar-refractivity contribution in [2.75, 3.05) is 26.1 Å². The average molecular weight is 463 g/mol. The summed E-state index contributed by atoms with van der Waals surface area (Å²) >= 11 is 0. The molecule has 0 heterocycles. The lowest BCUT2D eigenvalue weighted by atomic mass is 9.87. The lowest BCUT2D eigenvalue weighted by Crippen LogP contribution is -2.21. The molecular formula is C24H27F2NO6. The Balaban J connectivity index is 1.97. The first-order valence-electron chi connectivity index (χ1n) is 9.99. The maximum absolute atomic E-state index is 12.4. The number of amides is 1. The molecule has 1 N–H and O–H groups in total. The number of esters is 1. The molecule has 0 aliphatic carbocycles. The first-order valence-corrected chi connectivity index (χ1v) is 9.99. The quantitative estimate of drug-likeness (QED) is 0.425. The van der Waals surface area contributed by atoms with Crippen molar-refractivity contribution >= 4 is 23.6 Å². The van der Waals surface area contributed by atoms with Gasteiger partial charge in [0, 0.05) is 6.08 Å². The number of anilines is 1. The maximum Gasteiger partial charge on any atom is 0.387 e. The fourth-order valence-electron chi connectivity index (χ4n) is 2.79. The summed E-state index contributed by atoms with van der Waals surface area (Å²) < 4.78 is 44.4. The highest BCUT2D eigenvalue weighted by atomic mass is 19.3. The van der Waals surface area contributed by atoms with Crippen molar-refractivity contribution < 1.29 is 37.3 Å². The summed E-state index contributed by atoms with van der Waals surface area (Å²) in [5, 5.41) is 2.68. The molecule has 0 radical (unpaired) electrons. The second-order valence-electron chi connectivity index (χ2n) is 7.94. The van der Waals surface area contributed by atoms with Gasteiger partial charge in [0.25, 0.3) is 5.91 Å². The molecule has 2 aromatic rings. The van der Waals surface area contributed by atoms with E-state index >= 15 is 0 Å². The van der Waals surface area contributed by atoms with Crippen molar-refractivity contribution in [1.82, 2.24) is 0 Å². The molecule has 1 amide bonds. The van der Waals surface area contributed by atoms with Crippen molar-refractivity contribution in [1.29, 1.82) is 0 Å². The lowest BCUT2D eigenvalue weighted by molar-refractivity contribution is -0.142. The highest BCUT2D eigenvalue weighted by Crippen LogP contribution is 2.32. The van der Waals surface area contributed by atoms with Gasteiger partial charge in [0.1, 0.15) is 5.75 Å². The Morgan fingerprint density at radius 2 is 1.67 bits per heavy atom. The molecule has 0 spiro atoms. The molecule has 0 aliphatic heterocycles. The van der Waals surface area contributed by atoms with Crippen LogP contribution in [0.1, 0.15) is 31.9 Å². The fraction of sp³-hybridized carbons (Fsp3) is 0.333. The second kappa shape index (κ2) is 11.3. The van der Waals surface area contributed by atoms with E-state index in [1.54, 1.807) is 6.07 Å². The first-order chi connectivity index (χ1) is 15.5. The number of hydrogen-bond acceptors (Lipinski definition) is 6. The third-order valence-corrected chi connectivity index (χ3v) is 4.50. The maximum atomic E-state index is 12.4. The van der Waals surface area contributed by atoms with Gasteiger partial charge in [-0.1, -0.05) is 32.9 Å². The third-order valence-electron chi connectivity index (χ3n) is 4.50. The molecule has 0 saturated heterocycles. The minimum absolute atomic E-state index is 0.0802. The van der Waals surface area contributed by atoms with E-state index in [1.807, 2.05) is 32.9 Å². The molecular weight excluding hydrogens is 436 g/mol. The van der Waals surface area contributed by atoms with E-state index in [-0.39, 0.29) is 16.9 Å². The van der Waals surface area contributed by atoms with Crippen LogP contribution >= 0.6 is 0 Å². The number of nitrogens with one attached hydrogen (secondary N) is 1. The van der Waals surface area contributed by atoms with E-state index in [4.69, 9.17) is 14.2 Å². The number of ether oxygens (including phenoxy) is 4. The van der Waals surface area contributed by atoms with Crippen LogP contribution in [0, 0.1) is 0 Å². The third kappa shape index (κ3) is 7.78. The Morgan fingerprint density at radius 1 is 1.00 bits per heavy atom. The average Bonchev–Trinajstić information content (AvgIpc) is 2.75. The van der Waals surface area contributed by atoms with Gasteiger partial charge in [-0.15, -0.1) is 0 Å². The van der Waals surface area contributed by atoms with Gasteiger partial charge in [0.2, 0.25) is 0 Å². The van der Waals surface area contributed by atoms with Crippen molar-refractivity contribution in [3.05, 3.63) is 53.6 Å². The number of benzene rings is 2. The molecule has 0 unspecified atom stereocenters. The van der Waals surface area contributed by atoms with E-state index in [1.165, 1.54) is 38.5 Å². The summed E-state index contributed by atoms with van der Waals surface area (Å²) in [6, 6.07) is 9.67. The number of methoxy groups -OCH3 is 2. The van der Waals surface area contributed by atoms with Gasteiger partial charge in [0.05, 0.1) is 19.9 Å². The molecule has 33 heavy (non-hydrogen) atoms. The number of halogens is 2. The zero-order chi connectivity index (χ0) is 24.6. The Morgan fingerprint density at radius 3 is 2.27 bits per heavy atom. The SMILES string of the molecule is COc1ccc(C(C)(C)C)cc1NC(=O)COC(=O)/C=C/c1ccc(OC(F)F)c(OC)c1. The first kappa shape index (κ1) is 25.6. The molecule has 0 aromatic heterocycles. The zero-order valence-corrected chi connectivity index (χ0v) is 19.1. The van der Waals surface area contributed by atoms with Gasteiger partial charge < -0.3 is 24.3 Å². The highest BCUT2D eigenvalue weighted by Gasteiger charge is 2.17. The van der Waals surface area contributed by atoms with E-state index in [0.717, 1.165) is 11.6 Å². The number of carbonyl (C=O) groups is 2. The molecule has 0 saturated carbocycles. The topological polar surface area (TPSA) is 83.1 Å². The minimum Gasteiger partial charge on any atom is -0.495 e. The van der Waals surface area contributed by atoms with Crippen molar-refractivity contribution in [3.63, 3.8) is 0 Å². The Hall–Kier alpha value is -3.62. The second-order valence-corrected chi connectivity index (χ2v) is 7.94. The number of hydrogen-bond donors (Lipinski definition) is 1. The minimum atomic E-state index is -2.99. The summed E-state index contributed by atoms with van der Waals surface area (Å²) in [7, 11) is 2.80. The standard InChI is InChI=1S/C24H27F2NO6/c1-24(2,3)16-8-10-18(30-4)17(13-16)27-21(28)14-32-22(29)11-7-15-6-9-19(33-23(25)26)20(12-15)31-5/h6-13,23H,14H2,1-5H3,(H,27,28)/b11-7+. The predicted molar refractivity (Wildman–Crippen MR) is 120 cm³/mol. The number of rotatable bonds is 9. The normalized spacial score (nSPS) is 11.4. The number of alkyl halides is 2. The summed E-state index contributed by atoms with van der Waals surface area (Å²) in [5.74, 6) is -0.856. The van der Waals surface area contributed by atoms with Crippen LogP contribution in [-0.2, 0) is 19.7 Å². The zero-order valence-electron chi connectivity index (χ0n) is 19.1. The van der Waals surface area contributed by atoms with Crippen LogP contribution < -0.4 is 19.5 Å². The monoisotopic (exact) mass is 463 g/mol. The van der Waals surface area contributed by atoms with E-state index in [9.17, 15) is 18.4 Å². The van der Waals surface area contributed by atoms with Gasteiger partial charge in [-0.3, -0.25) is 4.79 Å². The van der Waals surface area contributed by atoms with Crippen LogP contribution in [-0.4, -0.2) is 39.3 Å². The van der Waals surface area contributed by atoms with Gasteiger partial charge in [-0.25, -0.2) is 4.79 Å². The van der Waals surface area contributed by atoms with Crippen LogP contribution in [0.15, 0.2) is 42.5 Å². The van der Waals surface area contributed by atoms with Gasteiger partial charge in [-0.2, -0.15) is 8.78 Å². The van der Waals surface area contributed by atoms with Crippen LogP contribution in [0.4, 0.5) is 14.5 Å². The molecule has 2 aromatic carbocycles. The smallest absolute Gasteiger partial charge is 0.387 e. The van der Waals surface area contributed by atoms with Crippen LogP contribution in [0.5, 0.6) is 17.2 Å². The van der Waals surface area contributed by atoms with E-state index in [0.29, 0.717) is 17.0 Å². The Labute approximate surface area is 191 Å². The lowest BCUT2D eigenvalue weighted by Gasteiger charge is -2.21. The molecule has 0 atom stereocenters. The molecule has 2 rings (SSSR count). The summed E-state index contributed by atoms with van der Waals surface area (Å²) in [6.07, 6.45) is 2.50. The highest BCUT2D eigenvalue weighted by molar-refractivity contribution is 5.95. The van der Waals surface area contributed by atoms with Crippen molar-refractivity contribution in [3.8, 4) is 17.2 Å². The van der Waals surface area contributed by atoms with E-state index in [2.05, 4.69) is 10.1 Å². The van der Waals surface area contributed by atoms with Crippen LogP contribution in [0.25, 0.3) is 6.08 Å². The summed E-state index contributed by atoms with van der Waals surface area (Å²) in [5.41, 5.74) is 1.83. The van der Waals surface area contributed by atoms with E-state index < -0.39 is 25.1 Å². The molecule has 7 nitrogen and oxygen atoms in total. The summed E-state index contributed by atoms with van der Waals surface area (Å²) in [4.78, 5) is 24.2. The van der Waals surface area contributed by atoms with Gasteiger partial charge in [-0.05, 0) is 46.9 Å². The Kier molecular flexibility index (Phi) is 8.78. The van der Waals surface area contributed by atoms with Crippen molar-refractivity contribution in [2.45, 2.75) is 32.8 Å². The van der Waals surface area contributed by atoms with Crippen molar-refractivity contribution in [2.24, 2.45) is 0 Å². The van der Waals surface area contributed by atoms with Gasteiger partial charge in [0.15, 0.2) is 18.1 Å². The molecule has 0 aliphatic rings. The number of carbonyl (C=O) groups excluding carboxylic acids is 2. The molecule has 0 fully saturated rings. The fourth-order valence-corrected chi connectivity index (χ4v) is 2.79. The summed E-state index contributed by atoms with van der Waals surface area (Å²) in [6.45, 7) is 2.64.